The number of ether oxygens (including phenoxy) is 1. The number of rotatable bonds is 1. The monoisotopic (exact) mass is 218 g/mol. The van der Waals surface area contributed by atoms with Crippen LogP contribution in [0.15, 0.2) is 6.20 Å². The summed E-state index contributed by atoms with van der Waals surface area (Å²) in [4.78, 5) is 3.42. The van der Waals surface area contributed by atoms with E-state index in [0.29, 0.717) is 0 Å². The van der Waals surface area contributed by atoms with Crippen LogP contribution in [-0.2, 0) is 0 Å². The van der Waals surface area contributed by atoms with Gasteiger partial charge >= 0.3 is 6.36 Å². The molecule has 0 radical (unpaired) electrons. The first-order valence-corrected chi connectivity index (χ1v) is 3.55. The first-order chi connectivity index (χ1) is 6.85. The van der Waals surface area contributed by atoms with Gasteiger partial charge in [0.1, 0.15) is 17.5 Å². The second-order valence-electron chi connectivity index (χ2n) is 2.46. The molecular weight excluding hydrogens is 213 g/mol. The minimum absolute atomic E-state index is 0.369. The Labute approximate surface area is 82.1 Å². The summed E-state index contributed by atoms with van der Waals surface area (Å²) < 4.78 is 39.3. The second kappa shape index (κ2) is 3.53. The highest BCUT2D eigenvalue weighted by atomic mass is 19.4. The Balaban J connectivity index is 3.28. The smallest absolute Gasteiger partial charge is 0.402 e. The van der Waals surface area contributed by atoms with Crippen molar-refractivity contribution in [3.8, 4) is 11.8 Å². The van der Waals surface area contributed by atoms with Crippen LogP contribution in [0.5, 0.6) is 5.75 Å². The molecule has 0 unspecified atom stereocenters. The molecule has 0 atom stereocenters. The van der Waals surface area contributed by atoms with E-state index < -0.39 is 23.4 Å². The molecule has 0 fully saturated rings. The van der Waals surface area contributed by atoms with Gasteiger partial charge in [-0.05, 0) is 0 Å². The van der Waals surface area contributed by atoms with E-state index in [1.807, 2.05) is 0 Å². The molecule has 0 aliphatic rings. The van der Waals surface area contributed by atoms with Gasteiger partial charge in [-0.3, -0.25) is 0 Å². The largest absolute Gasteiger partial charge is 0.573 e. The van der Waals surface area contributed by atoms with Crippen molar-refractivity contribution in [2.75, 3.05) is 11.5 Å². The fourth-order valence-corrected chi connectivity index (χ4v) is 0.857. The molecule has 0 amide bonds. The van der Waals surface area contributed by atoms with E-state index >= 15 is 0 Å². The molecule has 0 aliphatic carbocycles. The predicted molar refractivity (Wildman–Crippen MR) is 44.5 cm³/mol. The lowest BCUT2D eigenvalue weighted by molar-refractivity contribution is -0.274. The molecule has 0 aliphatic heterocycles. The molecule has 1 aromatic rings. The van der Waals surface area contributed by atoms with E-state index in [-0.39, 0.29) is 5.82 Å². The summed E-state index contributed by atoms with van der Waals surface area (Å²) in [6, 6.07) is 1.43. The maximum atomic E-state index is 11.9. The highest BCUT2D eigenvalue weighted by Gasteiger charge is 2.33. The van der Waals surface area contributed by atoms with Crippen molar-refractivity contribution < 1.29 is 17.9 Å². The molecule has 0 saturated carbocycles. The highest BCUT2D eigenvalue weighted by molar-refractivity contribution is 5.66. The van der Waals surface area contributed by atoms with E-state index in [9.17, 15) is 13.2 Å². The highest BCUT2D eigenvalue weighted by Crippen LogP contribution is 2.33. The zero-order valence-corrected chi connectivity index (χ0v) is 7.17. The third kappa shape index (κ3) is 2.40. The average Bonchev–Trinajstić information content (AvgIpc) is 2.10. The Hall–Kier alpha value is -2.17. The Bertz CT molecular complexity index is 423. The number of nitriles is 1. The summed E-state index contributed by atoms with van der Waals surface area (Å²) in [7, 11) is 0. The number of halogens is 3. The number of aromatic nitrogens is 1. The van der Waals surface area contributed by atoms with Crippen LogP contribution in [0.2, 0.25) is 0 Å². The zero-order valence-electron chi connectivity index (χ0n) is 7.17. The third-order valence-corrected chi connectivity index (χ3v) is 1.42. The lowest BCUT2D eigenvalue weighted by Gasteiger charge is -2.12. The lowest BCUT2D eigenvalue weighted by atomic mass is 10.2. The molecule has 0 aromatic carbocycles. The van der Waals surface area contributed by atoms with E-state index in [1.54, 1.807) is 0 Å². The number of nitrogen functional groups attached to an aromatic ring is 2. The van der Waals surface area contributed by atoms with Crippen molar-refractivity contribution in [1.82, 2.24) is 4.98 Å². The summed E-state index contributed by atoms with van der Waals surface area (Å²) in [6.45, 7) is 0. The third-order valence-electron chi connectivity index (χ3n) is 1.42. The molecule has 1 aromatic heterocycles. The van der Waals surface area contributed by atoms with E-state index in [4.69, 9.17) is 16.7 Å². The van der Waals surface area contributed by atoms with Crippen LogP contribution >= 0.6 is 0 Å². The molecule has 80 valence electrons. The first kappa shape index (κ1) is 10.9. The lowest BCUT2D eigenvalue weighted by Crippen LogP contribution is -2.19. The van der Waals surface area contributed by atoms with E-state index in [1.165, 1.54) is 6.07 Å². The number of anilines is 2. The number of nitrogens with zero attached hydrogens (tertiary/aromatic N) is 2. The molecular formula is C7H5F3N4O. The quantitative estimate of drug-likeness (QED) is 0.733. The normalized spacial score (nSPS) is 10.8. The topological polar surface area (TPSA) is 98.0 Å². The molecule has 1 rings (SSSR count). The summed E-state index contributed by atoms with van der Waals surface area (Å²) in [6.07, 6.45) is -4.05. The van der Waals surface area contributed by atoms with Gasteiger partial charge in [0.05, 0.1) is 11.9 Å². The zero-order chi connectivity index (χ0) is 11.6. The van der Waals surface area contributed by atoms with Gasteiger partial charge in [0.25, 0.3) is 0 Å². The van der Waals surface area contributed by atoms with Gasteiger partial charge in [0.15, 0.2) is 5.75 Å². The molecule has 4 N–H and O–H groups in total. The minimum atomic E-state index is -4.94. The fourth-order valence-electron chi connectivity index (χ4n) is 0.857. The molecule has 5 nitrogen and oxygen atoms in total. The maximum Gasteiger partial charge on any atom is 0.573 e. The summed E-state index contributed by atoms with van der Waals surface area (Å²) >= 11 is 0. The van der Waals surface area contributed by atoms with Gasteiger partial charge in [0.2, 0.25) is 0 Å². The Morgan fingerprint density at radius 2 is 2.00 bits per heavy atom. The number of hydrogen-bond donors (Lipinski definition) is 2. The Kier molecular flexibility index (Phi) is 2.57. The van der Waals surface area contributed by atoms with Gasteiger partial charge in [0, 0.05) is 0 Å². The Morgan fingerprint density at radius 1 is 1.40 bits per heavy atom. The van der Waals surface area contributed by atoms with Gasteiger partial charge in [-0.1, -0.05) is 0 Å². The maximum absolute atomic E-state index is 11.9. The van der Waals surface area contributed by atoms with Gasteiger partial charge in [-0.25, -0.2) is 4.98 Å². The van der Waals surface area contributed by atoms with Crippen molar-refractivity contribution in [2.24, 2.45) is 0 Å². The van der Waals surface area contributed by atoms with Crippen LogP contribution in [0.4, 0.5) is 24.7 Å². The van der Waals surface area contributed by atoms with Crippen molar-refractivity contribution in [1.29, 1.82) is 5.26 Å². The Morgan fingerprint density at radius 3 is 2.47 bits per heavy atom. The van der Waals surface area contributed by atoms with E-state index in [0.717, 1.165) is 6.20 Å². The second-order valence-corrected chi connectivity index (χ2v) is 2.46. The predicted octanol–water partition coefficient (Wildman–Crippen LogP) is 1.02. The van der Waals surface area contributed by atoms with Crippen LogP contribution in [0.3, 0.4) is 0 Å². The average molecular weight is 218 g/mol. The summed E-state index contributed by atoms with van der Waals surface area (Å²) in [5, 5.41) is 8.55. The van der Waals surface area contributed by atoms with Gasteiger partial charge in [-0.2, -0.15) is 5.26 Å². The molecule has 0 spiro atoms. The fraction of sp³-hybridized carbons (Fsp3) is 0.143. The number of alkyl halides is 3. The molecule has 1 heterocycles. The van der Waals surface area contributed by atoms with Crippen molar-refractivity contribution in [3.63, 3.8) is 0 Å². The van der Waals surface area contributed by atoms with Crippen molar-refractivity contribution in [3.05, 3.63) is 11.8 Å². The van der Waals surface area contributed by atoms with Crippen LogP contribution in [0.25, 0.3) is 0 Å². The van der Waals surface area contributed by atoms with Crippen LogP contribution in [0.1, 0.15) is 5.56 Å². The van der Waals surface area contributed by atoms with Crippen LogP contribution < -0.4 is 16.2 Å². The van der Waals surface area contributed by atoms with Crippen LogP contribution in [0, 0.1) is 11.3 Å². The summed E-state index contributed by atoms with van der Waals surface area (Å²) in [5.74, 6) is -1.19. The molecule has 15 heavy (non-hydrogen) atoms. The van der Waals surface area contributed by atoms with Crippen LogP contribution in [-0.4, -0.2) is 11.3 Å². The standard InChI is InChI=1S/C7H5F3N4O/c8-7(9,10)15-5-3(1-11)6(13)14-2-4(5)12/h2H,12H2,(H2,13,14). The van der Waals surface area contributed by atoms with Crippen molar-refractivity contribution in [2.45, 2.75) is 6.36 Å². The SMILES string of the molecule is N#Cc1c(N)ncc(N)c1OC(F)(F)F. The van der Waals surface area contributed by atoms with E-state index in [2.05, 4.69) is 9.72 Å². The molecule has 0 bridgehead atoms. The number of nitrogens with two attached hydrogens (primary N) is 2. The minimum Gasteiger partial charge on any atom is -0.402 e. The molecule has 0 saturated heterocycles. The molecule has 8 heteroatoms. The summed E-state index contributed by atoms with van der Waals surface area (Å²) in [5.41, 5.74) is 9.42. The first-order valence-electron chi connectivity index (χ1n) is 3.55. The van der Waals surface area contributed by atoms with Gasteiger partial charge in [-0.15, -0.1) is 13.2 Å². The van der Waals surface area contributed by atoms with Gasteiger partial charge < -0.3 is 16.2 Å². The number of hydrogen-bond acceptors (Lipinski definition) is 5. The number of pyridine rings is 1. The van der Waals surface area contributed by atoms with Crippen molar-refractivity contribution >= 4 is 11.5 Å².